The van der Waals surface area contributed by atoms with E-state index in [0.717, 1.165) is 44.7 Å². The van der Waals surface area contributed by atoms with Gasteiger partial charge in [0.2, 0.25) is 0 Å². The minimum absolute atomic E-state index is 0.00650. The molecule has 9 heteroatoms. The van der Waals surface area contributed by atoms with E-state index in [1.165, 1.54) is 18.2 Å². The molecule has 3 heterocycles. The highest BCUT2D eigenvalue weighted by atomic mass is 35.5. The van der Waals surface area contributed by atoms with E-state index in [2.05, 4.69) is 24.8 Å². The molecular formula is C20H22ClFN6O. The first-order valence-corrected chi connectivity index (χ1v) is 9.91. The molecule has 29 heavy (non-hydrogen) atoms. The largest absolute Gasteiger partial charge is 0.393 e. The third-order valence-corrected chi connectivity index (χ3v) is 5.38. The summed E-state index contributed by atoms with van der Waals surface area (Å²) in [6.07, 6.45) is 3.83. The Labute approximate surface area is 172 Å². The predicted octanol–water partition coefficient (Wildman–Crippen LogP) is 2.79. The Kier molecular flexibility index (Phi) is 5.75. The molecule has 2 aromatic heterocycles. The van der Waals surface area contributed by atoms with Crippen molar-refractivity contribution in [2.75, 3.05) is 19.6 Å². The number of nitrogens with one attached hydrogen (secondary N) is 1. The first kappa shape index (κ1) is 19.8. The summed E-state index contributed by atoms with van der Waals surface area (Å²) in [5.74, 6) is 0.584. The number of nitrogens with zero attached hydrogens (tertiary/aromatic N) is 4. The van der Waals surface area contributed by atoms with Crippen LogP contribution in [0.1, 0.15) is 24.2 Å². The van der Waals surface area contributed by atoms with Crippen LogP contribution in [0.15, 0.2) is 35.5 Å². The third-order valence-electron chi connectivity index (χ3n) is 5.09. The lowest BCUT2D eigenvalue weighted by Gasteiger charge is -2.29. The Balaban J connectivity index is 1.54. The van der Waals surface area contributed by atoms with Gasteiger partial charge in [0.05, 0.1) is 22.3 Å². The Bertz CT molecular complexity index is 1040. The number of amidine groups is 1. The van der Waals surface area contributed by atoms with Crippen molar-refractivity contribution in [3.8, 4) is 0 Å². The van der Waals surface area contributed by atoms with Gasteiger partial charge < -0.3 is 20.7 Å². The number of hydrogen-bond acceptors (Lipinski definition) is 5. The zero-order valence-corrected chi connectivity index (χ0v) is 16.5. The molecular weight excluding hydrogens is 395 g/mol. The fourth-order valence-corrected chi connectivity index (χ4v) is 3.63. The van der Waals surface area contributed by atoms with E-state index >= 15 is 0 Å². The van der Waals surface area contributed by atoms with Crippen LogP contribution in [0.3, 0.4) is 0 Å². The number of H-pyrrole nitrogens is 1. The van der Waals surface area contributed by atoms with Gasteiger partial charge in [-0.2, -0.15) is 0 Å². The summed E-state index contributed by atoms with van der Waals surface area (Å²) in [4.78, 5) is 18.9. The van der Waals surface area contributed by atoms with Crippen molar-refractivity contribution in [3.05, 3.63) is 52.7 Å². The van der Waals surface area contributed by atoms with Gasteiger partial charge in [0, 0.05) is 37.8 Å². The quantitative estimate of drug-likeness (QED) is 0.438. The van der Waals surface area contributed by atoms with Crippen molar-refractivity contribution in [2.45, 2.75) is 25.4 Å². The fraction of sp³-hybridized carbons (Fsp3) is 0.350. The summed E-state index contributed by atoms with van der Waals surface area (Å²) in [7, 11) is 0. The maximum Gasteiger partial charge on any atom is 0.178 e. The molecule has 0 unspecified atom stereocenters. The van der Waals surface area contributed by atoms with Crippen LogP contribution in [0.4, 0.5) is 10.1 Å². The number of aromatic nitrogens is 3. The Morgan fingerprint density at radius 3 is 2.90 bits per heavy atom. The normalized spacial score (nSPS) is 16.6. The molecule has 152 valence electrons. The van der Waals surface area contributed by atoms with Crippen LogP contribution in [0.2, 0.25) is 5.02 Å². The number of nitrogens with two attached hydrogens (primary N) is 1. The number of aliphatic imine (C=N–C) groups is 1. The Morgan fingerprint density at radius 1 is 1.34 bits per heavy atom. The van der Waals surface area contributed by atoms with E-state index in [-0.39, 0.29) is 17.0 Å². The number of piperidine rings is 1. The van der Waals surface area contributed by atoms with Gasteiger partial charge in [0.15, 0.2) is 5.65 Å². The molecule has 0 amide bonds. The molecule has 0 bridgehead atoms. The molecule has 1 fully saturated rings. The van der Waals surface area contributed by atoms with Gasteiger partial charge in [0.1, 0.15) is 17.5 Å². The highest BCUT2D eigenvalue weighted by Crippen LogP contribution is 2.23. The van der Waals surface area contributed by atoms with Crippen molar-refractivity contribution in [3.63, 3.8) is 0 Å². The highest BCUT2D eigenvalue weighted by molar-refractivity contribution is 6.31. The van der Waals surface area contributed by atoms with Gasteiger partial charge in [-0.1, -0.05) is 11.6 Å². The molecule has 3 aromatic rings. The lowest BCUT2D eigenvalue weighted by Crippen LogP contribution is -2.37. The Hall–Kier alpha value is -2.55. The average molecular weight is 417 g/mol. The summed E-state index contributed by atoms with van der Waals surface area (Å²) < 4.78 is 13.3. The highest BCUT2D eigenvalue weighted by Gasteiger charge is 2.17. The van der Waals surface area contributed by atoms with E-state index in [9.17, 15) is 9.50 Å². The first-order valence-electron chi connectivity index (χ1n) is 9.53. The van der Waals surface area contributed by atoms with Crippen LogP contribution >= 0.6 is 11.6 Å². The van der Waals surface area contributed by atoms with Crippen molar-refractivity contribution in [2.24, 2.45) is 10.7 Å². The smallest absolute Gasteiger partial charge is 0.178 e. The number of benzene rings is 1. The summed E-state index contributed by atoms with van der Waals surface area (Å²) >= 11 is 5.82. The molecule has 1 aliphatic heterocycles. The second-order valence-electron chi connectivity index (χ2n) is 7.16. The summed E-state index contributed by atoms with van der Waals surface area (Å²) in [5.41, 5.74) is 8.63. The van der Waals surface area contributed by atoms with Crippen LogP contribution in [-0.4, -0.2) is 56.5 Å². The molecule has 1 aromatic carbocycles. The number of aliphatic hydroxyl groups excluding tert-OH is 1. The maximum atomic E-state index is 13.3. The summed E-state index contributed by atoms with van der Waals surface area (Å²) in [5, 5.41) is 9.62. The molecule has 0 spiro atoms. The number of likely N-dealkylation sites (tertiary alicyclic amines) is 1. The molecule has 0 aliphatic carbocycles. The van der Waals surface area contributed by atoms with Gasteiger partial charge >= 0.3 is 0 Å². The van der Waals surface area contributed by atoms with Crippen molar-refractivity contribution >= 4 is 34.3 Å². The molecule has 1 saturated heterocycles. The first-order chi connectivity index (χ1) is 14.0. The minimum atomic E-state index is -0.503. The second-order valence-corrected chi connectivity index (χ2v) is 7.57. The Morgan fingerprint density at radius 2 is 2.14 bits per heavy atom. The summed E-state index contributed by atoms with van der Waals surface area (Å²) in [6.45, 7) is 2.65. The van der Waals surface area contributed by atoms with Gasteiger partial charge in [-0.25, -0.2) is 19.4 Å². The number of aromatic amines is 1. The maximum absolute atomic E-state index is 13.3. The lowest BCUT2D eigenvalue weighted by molar-refractivity contribution is 0.0830. The number of pyridine rings is 1. The number of rotatable bonds is 5. The number of aliphatic hydroxyl groups is 1. The van der Waals surface area contributed by atoms with E-state index < -0.39 is 5.82 Å². The predicted molar refractivity (Wildman–Crippen MR) is 111 cm³/mol. The lowest BCUT2D eigenvalue weighted by atomic mass is 10.1. The van der Waals surface area contributed by atoms with E-state index in [1.54, 1.807) is 12.3 Å². The fourth-order valence-electron chi connectivity index (χ4n) is 3.45. The van der Waals surface area contributed by atoms with Gasteiger partial charge in [-0.15, -0.1) is 0 Å². The van der Waals surface area contributed by atoms with E-state index in [4.69, 9.17) is 17.3 Å². The number of imidazole rings is 1. The summed E-state index contributed by atoms with van der Waals surface area (Å²) in [6, 6.07) is 5.96. The van der Waals surface area contributed by atoms with Crippen LogP contribution in [0, 0.1) is 5.82 Å². The monoisotopic (exact) mass is 416 g/mol. The van der Waals surface area contributed by atoms with E-state index in [0.29, 0.717) is 22.4 Å². The van der Waals surface area contributed by atoms with Crippen LogP contribution in [0.5, 0.6) is 0 Å². The molecule has 0 radical (unpaired) electrons. The zero-order valence-electron chi connectivity index (χ0n) is 15.8. The molecule has 1 aliphatic rings. The SMILES string of the molecule is NC(=Nc1ccc(F)c(Cl)c1)c1ccnc2nc(CCN3CCC(O)CC3)[nH]c12. The van der Waals surface area contributed by atoms with Crippen molar-refractivity contribution in [1.29, 1.82) is 0 Å². The van der Waals surface area contributed by atoms with Gasteiger partial charge in [0.25, 0.3) is 0 Å². The number of halogens is 2. The number of fused-ring (bicyclic) bond motifs is 1. The average Bonchev–Trinajstić information content (AvgIpc) is 3.13. The second kappa shape index (κ2) is 8.44. The van der Waals surface area contributed by atoms with Crippen LogP contribution in [-0.2, 0) is 6.42 Å². The number of hydrogen-bond donors (Lipinski definition) is 3. The van der Waals surface area contributed by atoms with Crippen molar-refractivity contribution in [1.82, 2.24) is 19.9 Å². The standard InChI is InChI=1S/C20H22ClFN6O/c21-15-11-12(1-2-16(15)22)25-19(23)14-3-7-24-20-18(14)26-17(27-20)6-10-28-8-4-13(29)5-9-28/h1-3,7,11,13,29H,4-6,8-10H2,(H2,23,25)(H,24,26,27). The van der Waals surface area contributed by atoms with Crippen molar-refractivity contribution < 1.29 is 9.50 Å². The molecule has 7 nitrogen and oxygen atoms in total. The molecule has 4 N–H and O–H groups in total. The molecule has 4 rings (SSSR count). The minimum Gasteiger partial charge on any atom is -0.393 e. The topological polar surface area (TPSA) is 103 Å². The van der Waals surface area contributed by atoms with Crippen LogP contribution in [0.25, 0.3) is 11.2 Å². The molecule has 0 atom stereocenters. The third kappa shape index (κ3) is 4.55. The zero-order chi connectivity index (χ0) is 20.4. The van der Waals surface area contributed by atoms with Crippen LogP contribution < -0.4 is 5.73 Å². The van der Waals surface area contributed by atoms with E-state index in [1.807, 2.05) is 0 Å². The van der Waals surface area contributed by atoms with Gasteiger partial charge in [-0.05, 0) is 37.1 Å². The molecule has 0 saturated carbocycles. The van der Waals surface area contributed by atoms with Gasteiger partial charge in [-0.3, -0.25) is 0 Å².